The maximum absolute atomic E-state index is 10.8. The van der Waals surface area contributed by atoms with Gasteiger partial charge in [-0.25, -0.2) is 0 Å². The first-order chi connectivity index (χ1) is 7.15. The fraction of sp³-hybridized carbons (Fsp3) is 0.800. The topological polar surface area (TPSA) is 73.8 Å². The van der Waals surface area contributed by atoms with Crippen LogP contribution in [-0.4, -0.2) is 38.1 Å². The van der Waals surface area contributed by atoms with Crippen LogP contribution in [0.2, 0.25) is 0 Å². The summed E-state index contributed by atoms with van der Waals surface area (Å²) in [5.41, 5.74) is 5.16. The molecule has 5 heteroatoms. The van der Waals surface area contributed by atoms with Crippen molar-refractivity contribution in [2.45, 2.75) is 31.7 Å². The molecular formula is C10H19N2O3+. The maximum atomic E-state index is 10.8. The zero-order valence-electron chi connectivity index (χ0n) is 9.12. The molecule has 1 aliphatic heterocycles. The van der Waals surface area contributed by atoms with Crippen molar-refractivity contribution in [2.24, 2.45) is 5.73 Å². The molecule has 0 aromatic heterocycles. The van der Waals surface area contributed by atoms with Gasteiger partial charge in [0.15, 0.2) is 0 Å². The van der Waals surface area contributed by atoms with Crippen molar-refractivity contribution in [3.8, 4) is 0 Å². The molecule has 1 amide bonds. The van der Waals surface area contributed by atoms with Gasteiger partial charge in [0.1, 0.15) is 6.54 Å². The van der Waals surface area contributed by atoms with E-state index in [0.717, 1.165) is 32.4 Å². The number of carbonyl (C=O) groups excluding carboxylic acids is 2. The van der Waals surface area contributed by atoms with Gasteiger partial charge in [-0.05, 0) is 19.3 Å². The summed E-state index contributed by atoms with van der Waals surface area (Å²) < 4.78 is 4.53. The lowest BCUT2D eigenvalue weighted by Gasteiger charge is -2.00. The third kappa shape index (κ3) is 4.29. The molecule has 0 aliphatic carbocycles. The number of hydrogen-bond acceptors (Lipinski definition) is 3. The summed E-state index contributed by atoms with van der Waals surface area (Å²) in [5.74, 6) is -0.344. The number of nitrogens with one attached hydrogen (secondary N) is 1. The SMILES string of the molecule is COC(=O)CCCCC[NH+]1C[C@@H]1C(N)=O. The van der Waals surface area contributed by atoms with Crippen LogP contribution >= 0.6 is 0 Å². The number of primary amides is 1. The Labute approximate surface area is 89.6 Å². The van der Waals surface area contributed by atoms with Crippen molar-refractivity contribution in [3.05, 3.63) is 0 Å². The third-order valence-electron chi connectivity index (χ3n) is 2.75. The van der Waals surface area contributed by atoms with Crippen LogP contribution < -0.4 is 10.6 Å². The minimum absolute atomic E-state index is 0.0469. The first-order valence-corrected chi connectivity index (χ1v) is 5.36. The molecule has 1 fully saturated rings. The van der Waals surface area contributed by atoms with Crippen LogP contribution in [0.4, 0.5) is 0 Å². The molecule has 1 saturated heterocycles. The molecule has 1 rings (SSSR count). The van der Waals surface area contributed by atoms with Crippen LogP contribution in [0.15, 0.2) is 0 Å². The standard InChI is InChI=1S/C10H18N2O3/c1-15-9(13)5-3-2-4-6-12-7-8(12)10(11)14/h8H,2-7H2,1H3,(H2,11,14)/p+1/t8-,12?/m1/s1. The molecular weight excluding hydrogens is 196 g/mol. The first kappa shape index (κ1) is 12.0. The van der Waals surface area contributed by atoms with Crippen molar-refractivity contribution >= 4 is 11.9 Å². The predicted octanol–water partition coefficient (Wildman–Crippen LogP) is -1.53. The van der Waals surface area contributed by atoms with Gasteiger partial charge in [0, 0.05) is 6.42 Å². The molecule has 0 radical (unpaired) electrons. The number of rotatable bonds is 7. The van der Waals surface area contributed by atoms with E-state index >= 15 is 0 Å². The van der Waals surface area contributed by atoms with Gasteiger partial charge >= 0.3 is 5.97 Å². The lowest BCUT2D eigenvalue weighted by molar-refractivity contribution is -0.769. The van der Waals surface area contributed by atoms with E-state index in [4.69, 9.17) is 5.73 Å². The van der Waals surface area contributed by atoms with Crippen LogP contribution in [0.1, 0.15) is 25.7 Å². The third-order valence-corrected chi connectivity index (χ3v) is 2.75. The van der Waals surface area contributed by atoms with E-state index in [1.165, 1.54) is 12.0 Å². The van der Waals surface area contributed by atoms with Gasteiger partial charge in [-0.2, -0.15) is 0 Å². The normalized spacial score (nSPS) is 23.5. The Balaban J connectivity index is 1.91. The van der Waals surface area contributed by atoms with Gasteiger partial charge in [0.2, 0.25) is 6.04 Å². The van der Waals surface area contributed by atoms with Gasteiger partial charge < -0.3 is 15.4 Å². The van der Waals surface area contributed by atoms with Crippen molar-refractivity contribution < 1.29 is 19.2 Å². The zero-order valence-corrected chi connectivity index (χ0v) is 9.12. The van der Waals surface area contributed by atoms with E-state index < -0.39 is 0 Å². The largest absolute Gasteiger partial charge is 0.469 e. The van der Waals surface area contributed by atoms with Crippen LogP contribution in [0.5, 0.6) is 0 Å². The quantitative estimate of drug-likeness (QED) is 0.307. The molecule has 5 nitrogen and oxygen atoms in total. The van der Waals surface area contributed by atoms with Gasteiger partial charge in [-0.15, -0.1) is 0 Å². The highest BCUT2D eigenvalue weighted by Crippen LogP contribution is 2.00. The summed E-state index contributed by atoms with van der Waals surface area (Å²) >= 11 is 0. The highest BCUT2D eigenvalue weighted by molar-refractivity contribution is 5.80. The van der Waals surface area contributed by atoms with Crippen molar-refractivity contribution in [3.63, 3.8) is 0 Å². The molecule has 1 aliphatic rings. The average molecular weight is 215 g/mol. The summed E-state index contributed by atoms with van der Waals surface area (Å²) in [4.78, 5) is 22.8. The van der Waals surface area contributed by atoms with Gasteiger partial charge in [-0.3, -0.25) is 9.59 Å². The summed E-state index contributed by atoms with van der Waals surface area (Å²) in [6, 6.07) is 0.0469. The Kier molecular flexibility index (Phi) is 4.55. The number of amides is 1. The molecule has 1 heterocycles. The molecule has 0 saturated carbocycles. The van der Waals surface area contributed by atoms with E-state index in [-0.39, 0.29) is 17.9 Å². The van der Waals surface area contributed by atoms with E-state index in [9.17, 15) is 9.59 Å². The second-order valence-electron chi connectivity index (χ2n) is 3.95. The average Bonchev–Trinajstić information content (AvgIpc) is 2.96. The predicted molar refractivity (Wildman–Crippen MR) is 54.2 cm³/mol. The zero-order chi connectivity index (χ0) is 11.3. The highest BCUT2D eigenvalue weighted by Gasteiger charge is 2.44. The molecule has 2 atom stereocenters. The molecule has 3 N–H and O–H groups in total. The van der Waals surface area contributed by atoms with E-state index in [2.05, 4.69) is 4.74 Å². The number of ether oxygens (including phenoxy) is 1. The Bertz CT molecular complexity index is 243. The van der Waals surface area contributed by atoms with E-state index in [1.54, 1.807) is 0 Å². The lowest BCUT2D eigenvalue weighted by Crippen LogP contribution is -2.95. The van der Waals surface area contributed by atoms with E-state index in [1.807, 2.05) is 0 Å². The first-order valence-electron chi connectivity index (χ1n) is 5.36. The summed E-state index contributed by atoms with van der Waals surface area (Å²) in [6.07, 6.45) is 3.40. The van der Waals surface area contributed by atoms with Crippen LogP contribution in [-0.2, 0) is 14.3 Å². The summed E-state index contributed by atoms with van der Waals surface area (Å²) in [5, 5.41) is 0. The number of hydrogen-bond donors (Lipinski definition) is 2. The number of methoxy groups -OCH3 is 1. The molecule has 0 spiro atoms. The molecule has 15 heavy (non-hydrogen) atoms. The minimum atomic E-state index is -0.195. The summed E-state index contributed by atoms with van der Waals surface area (Å²) in [6.45, 7) is 1.86. The Hall–Kier alpha value is -1.10. The second kappa shape index (κ2) is 5.70. The van der Waals surface area contributed by atoms with Crippen LogP contribution in [0.3, 0.4) is 0 Å². The van der Waals surface area contributed by atoms with Crippen LogP contribution in [0.25, 0.3) is 0 Å². The smallest absolute Gasteiger partial charge is 0.305 e. The molecule has 0 bridgehead atoms. The Morgan fingerprint density at radius 2 is 2.13 bits per heavy atom. The van der Waals surface area contributed by atoms with E-state index in [0.29, 0.717) is 6.42 Å². The van der Waals surface area contributed by atoms with Gasteiger partial charge in [0.05, 0.1) is 13.7 Å². The van der Waals surface area contributed by atoms with Crippen LogP contribution in [0, 0.1) is 0 Å². The highest BCUT2D eigenvalue weighted by atomic mass is 16.5. The molecule has 1 unspecified atom stereocenters. The number of esters is 1. The number of unbranched alkanes of at least 4 members (excludes halogenated alkanes) is 2. The summed E-state index contributed by atoms with van der Waals surface area (Å²) in [7, 11) is 1.40. The fourth-order valence-electron chi connectivity index (χ4n) is 1.68. The van der Waals surface area contributed by atoms with Crippen molar-refractivity contribution in [2.75, 3.05) is 20.2 Å². The number of nitrogens with two attached hydrogens (primary N) is 1. The minimum Gasteiger partial charge on any atom is -0.469 e. The molecule has 0 aromatic carbocycles. The monoisotopic (exact) mass is 215 g/mol. The lowest BCUT2D eigenvalue weighted by atomic mass is 10.2. The number of quaternary nitrogens is 1. The molecule has 0 aromatic rings. The van der Waals surface area contributed by atoms with Crippen molar-refractivity contribution in [1.82, 2.24) is 0 Å². The second-order valence-corrected chi connectivity index (χ2v) is 3.95. The number of carbonyl (C=O) groups is 2. The maximum Gasteiger partial charge on any atom is 0.305 e. The fourth-order valence-corrected chi connectivity index (χ4v) is 1.68. The van der Waals surface area contributed by atoms with Gasteiger partial charge in [-0.1, -0.05) is 0 Å². The van der Waals surface area contributed by atoms with Gasteiger partial charge in [0.25, 0.3) is 5.91 Å². The Morgan fingerprint density at radius 1 is 1.40 bits per heavy atom. The van der Waals surface area contributed by atoms with Crippen molar-refractivity contribution in [1.29, 1.82) is 0 Å². The molecule has 86 valence electrons. The Morgan fingerprint density at radius 3 is 2.67 bits per heavy atom.